The van der Waals surface area contributed by atoms with Crippen molar-refractivity contribution in [3.63, 3.8) is 0 Å². The summed E-state index contributed by atoms with van der Waals surface area (Å²) in [6.07, 6.45) is 7.73. The zero-order chi connectivity index (χ0) is 6.97. The molecule has 10 heavy (non-hydrogen) atoms. The van der Waals surface area contributed by atoms with Crippen molar-refractivity contribution in [2.24, 2.45) is 0 Å². The first-order valence-corrected chi connectivity index (χ1v) is 3.71. The third-order valence-corrected chi connectivity index (χ3v) is 2.05. The third-order valence-electron chi connectivity index (χ3n) is 2.05. The third kappa shape index (κ3) is 0.703. The molecule has 0 aromatic carbocycles. The molecular formula is C9H11N. The summed E-state index contributed by atoms with van der Waals surface area (Å²) in [5.41, 5.74) is 1.33. The summed E-state index contributed by atoms with van der Waals surface area (Å²) in [4.78, 5) is 0. The molecule has 0 spiro atoms. The number of hydrogen-bond acceptors (Lipinski definition) is 0. The Hall–Kier alpha value is -0.980. The second kappa shape index (κ2) is 2.01. The first-order valence-electron chi connectivity index (χ1n) is 3.71. The smallest absolute Gasteiger partial charge is 0.0406 e. The largest absolute Gasteiger partial charge is 0.345 e. The van der Waals surface area contributed by atoms with Crippen LogP contribution >= 0.6 is 0 Å². The molecule has 1 atom stereocenters. The van der Waals surface area contributed by atoms with Gasteiger partial charge in [-0.2, -0.15) is 0 Å². The van der Waals surface area contributed by atoms with Gasteiger partial charge in [0.2, 0.25) is 0 Å². The van der Waals surface area contributed by atoms with Gasteiger partial charge in [0.05, 0.1) is 0 Å². The molecule has 1 aliphatic rings. The van der Waals surface area contributed by atoms with E-state index < -0.39 is 0 Å². The first-order chi connectivity index (χ1) is 4.88. The number of allylic oxidation sites excluding steroid dienone is 1. The molecule has 1 aromatic heterocycles. The van der Waals surface area contributed by atoms with Crippen LogP contribution in [0.5, 0.6) is 0 Å². The van der Waals surface area contributed by atoms with E-state index in [0.29, 0.717) is 6.04 Å². The minimum absolute atomic E-state index is 0.648. The molecule has 0 saturated carbocycles. The normalized spacial score (nSPS) is 22.7. The minimum atomic E-state index is 0.648. The summed E-state index contributed by atoms with van der Waals surface area (Å²) in [6, 6.07) is 4.89. The van der Waals surface area contributed by atoms with Gasteiger partial charge in [0.1, 0.15) is 0 Å². The van der Waals surface area contributed by atoms with Gasteiger partial charge in [0, 0.05) is 17.9 Å². The Bertz CT molecular complexity index is 257. The fraction of sp³-hybridized carbons (Fsp3) is 0.333. The molecule has 2 heterocycles. The second-order valence-corrected chi connectivity index (χ2v) is 2.83. The SMILES string of the molecule is C[C@H]1CC=Cc2cccn21. The molecule has 1 aliphatic heterocycles. The van der Waals surface area contributed by atoms with E-state index in [1.54, 1.807) is 0 Å². The minimum Gasteiger partial charge on any atom is -0.345 e. The van der Waals surface area contributed by atoms with Crippen molar-refractivity contribution in [2.75, 3.05) is 0 Å². The van der Waals surface area contributed by atoms with E-state index in [-0.39, 0.29) is 0 Å². The molecule has 0 aliphatic carbocycles. The van der Waals surface area contributed by atoms with Crippen LogP contribution in [0.4, 0.5) is 0 Å². The lowest BCUT2D eigenvalue weighted by atomic mass is 10.1. The molecular weight excluding hydrogens is 122 g/mol. The van der Waals surface area contributed by atoms with Crippen molar-refractivity contribution in [1.82, 2.24) is 4.57 Å². The van der Waals surface area contributed by atoms with Gasteiger partial charge in [-0.05, 0) is 31.6 Å². The molecule has 1 heteroatoms. The fourth-order valence-electron chi connectivity index (χ4n) is 1.45. The van der Waals surface area contributed by atoms with Gasteiger partial charge >= 0.3 is 0 Å². The maximum atomic E-state index is 2.31. The number of hydrogen-bond donors (Lipinski definition) is 0. The monoisotopic (exact) mass is 133 g/mol. The summed E-state index contributed by atoms with van der Waals surface area (Å²) < 4.78 is 2.31. The fourth-order valence-corrected chi connectivity index (χ4v) is 1.45. The molecule has 1 aromatic rings. The van der Waals surface area contributed by atoms with Crippen LogP contribution in [-0.2, 0) is 0 Å². The van der Waals surface area contributed by atoms with E-state index in [2.05, 4.69) is 42.0 Å². The van der Waals surface area contributed by atoms with Gasteiger partial charge in [0.15, 0.2) is 0 Å². The predicted molar refractivity (Wildman–Crippen MR) is 42.8 cm³/mol. The lowest BCUT2D eigenvalue weighted by Crippen LogP contribution is -2.07. The molecule has 1 nitrogen and oxygen atoms in total. The van der Waals surface area contributed by atoms with E-state index in [4.69, 9.17) is 0 Å². The second-order valence-electron chi connectivity index (χ2n) is 2.83. The summed E-state index contributed by atoms with van der Waals surface area (Å²) >= 11 is 0. The van der Waals surface area contributed by atoms with Gasteiger partial charge in [-0.3, -0.25) is 0 Å². The Labute approximate surface area is 61.0 Å². The molecule has 52 valence electrons. The number of rotatable bonds is 0. The quantitative estimate of drug-likeness (QED) is 0.512. The first kappa shape index (κ1) is 5.78. The van der Waals surface area contributed by atoms with Crippen LogP contribution in [0.25, 0.3) is 6.08 Å². The van der Waals surface area contributed by atoms with E-state index in [1.807, 2.05) is 0 Å². The zero-order valence-corrected chi connectivity index (χ0v) is 6.12. The number of nitrogens with zero attached hydrogens (tertiary/aromatic N) is 1. The van der Waals surface area contributed by atoms with Crippen molar-refractivity contribution in [3.8, 4) is 0 Å². The van der Waals surface area contributed by atoms with Crippen molar-refractivity contribution in [2.45, 2.75) is 19.4 Å². The van der Waals surface area contributed by atoms with Crippen molar-refractivity contribution in [1.29, 1.82) is 0 Å². The van der Waals surface area contributed by atoms with Gasteiger partial charge < -0.3 is 4.57 Å². The van der Waals surface area contributed by atoms with Crippen molar-refractivity contribution < 1.29 is 0 Å². The topological polar surface area (TPSA) is 4.93 Å². The molecule has 0 N–H and O–H groups in total. The van der Waals surface area contributed by atoms with E-state index >= 15 is 0 Å². The van der Waals surface area contributed by atoms with Gasteiger partial charge in [0.25, 0.3) is 0 Å². The zero-order valence-electron chi connectivity index (χ0n) is 6.12. The van der Waals surface area contributed by atoms with E-state index in [9.17, 15) is 0 Å². The Morgan fingerprint density at radius 3 is 3.30 bits per heavy atom. The van der Waals surface area contributed by atoms with Gasteiger partial charge in [-0.15, -0.1) is 0 Å². The molecule has 0 saturated heterocycles. The lowest BCUT2D eigenvalue weighted by molar-refractivity contribution is 0.546. The van der Waals surface area contributed by atoms with Gasteiger partial charge in [-0.25, -0.2) is 0 Å². The summed E-state index contributed by atoms with van der Waals surface area (Å²) in [5, 5.41) is 0. The maximum Gasteiger partial charge on any atom is 0.0406 e. The van der Waals surface area contributed by atoms with Crippen LogP contribution in [0.2, 0.25) is 0 Å². The molecule has 0 bridgehead atoms. The highest BCUT2D eigenvalue weighted by molar-refractivity contribution is 5.47. The average molecular weight is 133 g/mol. The molecule has 0 unspecified atom stereocenters. The predicted octanol–water partition coefficient (Wildman–Crippen LogP) is 2.47. The Morgan fingerprint density at radius 1 is 1.60 bits per heavy atom. The molecule has 0 fully saturated rings. The Morgan fingerprint density at radius 2 is 2.50 bits per heavy atom. The van der Waals surface area contributed by atoms with E-state index in [1.165, 1.54) is 12.1 Å². The highest BCUT2D eigenvalue weighted by atomic mass is 15.0. The van der Waals surface area contributed by atoms with Crippen LogP contribution in [0.3, 0.4) is 0 Å². The molecule has 0 radical (unpaired) electrons. The Kier molecular flexibility index (Phi) is 1.16. The number of aromatic nitrogens is 1. The Balaban J connectivity index is 2.52. The van der Waals surface area contributed by atoms with Gasteiger partial charge in [-0.1, -0.05) is 6.08 Å². The summed E-state index contributed by atoms with van der Waals surface area (Å²) in [7, 11) is 0. The van der Waals surface area contributed by atoms with Crippen molar-refractivity contribution >= 4 is 6.08 Å². The standard InChI is InChI=1S/C9H11N/c1-8-4-2-5-9-6-3-7-10(8)9/h2-3,5-8H,4H2,1H3/t8-/m0/s1. The van der Waals surface area contributed by atoms with Crippen LogP contribution in [0.1, 0.15) is 25.1 Å². The molecule has 0 amide bonds. The van der Waals surface area contributed by atoms with Crippen LogP contribution in [0, 0.1) is 0 Å². The maximum absolute atomic E-state index is 2.31. The van der Waals surface area contributed by atoms with Crippen LogP contribution in [0.15, 0.2) is 24.4 Å². The highest BCUT2D eigenvalue weighted by Crippen LogP contribution is 2.21. The lowest BCUT2D eigenvalue weighted by Gasteiger charge is -2.17. The summed E-state index contributed by atoms with van der Waals surface area (Å²) in [5.74, 6) is 0. The highest BCUT2D eigenvalue weighted by Gasteiger charge is 2.08. The average Bonchev–Trinajstić information content (AvgIpc) is 2.36. The van der Waals surface area contributed by atoms with Crippen LogP contribution < -0.4 is 0 Å². The van der Waals surface area contributed by atoms with Crippen LogP contribution in [-0.4, -0.2) is 4.57 Å². The number of fused-ring (bicyclic) bond motifs is 1. The van der Waals surface area contributed by atoms with Crippen molar-refractivity contribution in [3.05, 3.63) is 30.1 Å². The van der Waals surface area contributed by atoms with E-state index in [0.717, 1.165) is 0 Å². The molecule has 2 rings (SSSR count). The summed E-state index contributed by atoms with van der Waals surface area (Å²) in [6.45, 7) is 2.24.